The second-order valence-corrected chi connectivity index (χ2v) is 13.2. The van der Waals surface area contributed by atoms with Crippen LogP contribution in [-0.4, -0.2) is 17.2 Å². The molecule has 0 amide bonds. The standard InChI is InChI=1S/C30H30NO3P/c1-20(32)35(34,21(2)33)19-22-13-16-29-27(17-22)30(3,4)26-11-7-8-12-28(26)31(29)25-15-14-23-9-5-6-10-24(23)18-25/h5-12,14-18,22H,13,19H2,1-4H3. The maximum absolute atomic E-state index is 13.3. The first-order valence-corrected chi connectivity index (χ1v) is 13.9. The number of carbonyl (C=O) groups excluding carboxylic acids is 2. The van der Waals surface area contributed by atoms with Crippen LogP contribution in [0.15, 0.2) is 90.2 Å². The van der Waals surface area contributed by atoms with Crippen molar-refractivity contribution in [2.24, 2.45) is 5.92 Å². The van der Waals surface area contributed by atoms with E-state index in [4.69, 9.17) is 0 Å². The van der Waals surface area contributed by atoms with Crippen LogP contribution in [-0.2, 0) is 19.6 Å². The van der Waals surface area contributed by atoms with E-state index in [0.717, 1.165) is 22.6 Å². The summed E-state index contributed by atoms with van der Waals surface area (Å²) in [6.45, 7) is 6.98. The van der Waals surface area contributed by atoms with Crippen LogP contribution in [0.2, 0.25) is 0 Å². The fraction of sp³-hybridized carbons (Fsp3) is 0.267. The van der Waals surface area contributed by atoms with E-state index in [0.29, 0.717) is 6.42 Å². The van der Waals surface area contributed by atoms with Gasteiger partial charge >= 0.3 is 0 Å². The van der Waals surface area contributed by atoms with Gasteiger partial charge in [0.25, 0.3) is 0 Å². The fourth-order valence-corrected chi connectivity index (χ4v) is 7.38. The first-order valence-electron chi connectivity index (χ1n) is 12.1. The highest BCUT2D eigenvalue weighted by atomic mass is 31.2. The smallest absolute Gasteiger partial charge is 0.211 e. The van der Waals surface area contributed by atoms with Crippen molar-refractivity contribution in [3.05, 3.63) is 95.7 Å². The zero-order valence-electron chi connectivity index (χ0n) is 20.6. The number of benzene rings is 3. The summed E-state index contributed by atoms with van der Waals surface area (Å²) >= 11 is 0. The molecule has 0 saturated carbocycles. The molecule has 0 spiro atoms. The molecule has 0 saturated heterocycles. The number of carbonyl (C=O) groups is 2. The van der Waals surface area contributed by atoms with Gasteiger partial charge in [0, 0.05) is 36.8 Å². The van der Waals surface area contributed by atoms with Crippen molar-refractivity contribution in [1.82, 2.24) is 0 Å². The van der Waals surface area contributed by atoms with Gasteiger partial charge in [-0.3, -0.25) is 9.59 Å². The Balaban J connectivity index is 1.65. The van der Waals surface area contributed by atoms with Crippen molar-refractivity contribution >= 4 is 40.3 Å². The lowest BCUT2D eigenvalue weighted by Gasteiger charge is -2.46. The fourth-order valence-electron chi connectivity index (χ4n) is 5.50. The SMILES string of the molecule is CC(=O)P(=O)(CC1C=C2C(=CC1)N(c1ccc3ccccc3c1)c1ccccc1C2(C)C)C(C)=O. The minimum absolute atomic E-state index is 0.0959. The summed E-state index contributed by atoms with van der Waals surface area (Å²) in [4.78, 5) is 26.7. The molecule has 5 heteroatoms. The topological polar surface area (TPSA) is 54.5 Å². The lowest BCUT2D eigenvalue weighted by Crippen LogP contribution is -2.37. The number of allylic oxidation sites excluding steroid dienone is 3. The van der Waals surface area contributed by atoms with Gasteiger partial charge in [0.1, 0.15) is 0 Å². The van der Waals surface area contributed by atoms with Gasteiger partial charge in [-0.2, -0.15) is 0 Å². The van der Waals surface area contributed by atoms with Crippen molar-refractivity contribution in [2.45, 2.75) is 39.5 Å². The summed E-state index contributed by atoms with van der Waals surface area (Å²) in [7, 11) is -3.55. The number of hydrogen-bond donors (Lipinski definition) is 0. The molecule has 2 aliphatic rings. The van der Waals surface area contributed by atoms with Crippen LogP contribution in [0.5, 0.6) is 0 Å². The zero-order chi connectivity index (χ0) is 25.0. The van der Waals surface area contributed by atoms with E-state index >= 15 is 0 Å². The van der Waals surface area contributed by atoms with Gasteiger partial charge in [0.2, 0.25) is 7.14 Å². The molecule has 1 atom stereocenters. The summed E-state index contributed by atoms with van der Waals surface area (Å²) in [6.07, 6.45) is 5.08. The summed E-state index contributed by atoms with van der Waals surface area (Å²) in [5.74, 6) is -0.129. The molecular weight excluding hydrogens is 453 g/mol. The van der Waals surface area contributed by atoms with E-state index in [9.17, 15) is 14.2 Å². The molecule has 0 fully saturated rings. The second-order valence-electron chi connectivity index (χ2n) is 10.1. The molecule has 1 heterocycles. The Bertz CT molecular complexity index is 1460. The van der Waals surface area contributed by atoms with Crippen LogP contribution in [0.1, 0.15) is 39.7 Å². The Morgan fingerprint density at radius 2 is 1.60 bits per heavy atom. The van der Waals surface area contributed by atoms with E-state index in [-0.39, 0.29) is 17.5 Å². The van der Waals surface area contributed by atoms with E-state index < -0.39 is 18.2 Å². The summed E-state index contributed by atoms with van der Waals surface area (Å²) < 4.78 is 13.3. The molecule has 5 rings (SSSR count). The average Bonchev–Trinajstić information content (AvgIpc) is 2.84. The number of rotatable bonds is 5. The second kappa shape index (κ2) is 8.46. The third kappa shape index (κ3) is 3.81. The van der Waals surface area contributed by atoms with Gasteiger partial charge in [0.15, 0.2) is 11.0 Å². The van der Waals surface area contributed by atoms with Crippen molar-refractivity contribution in [3.8, 4) is 0 Å². The van der Waals surface area contributed by atoms with E-state index in [2.05, 4.69) is 91.6 Å². The van der Waals surface area contributed by atoms with Crippen LogP contribution in [0.3, 0.4) is 0 Å². The number of fused-ring (bicyclic) bond motifs is 3. The lowest BCUT2D eigenvalue weighted by atomic mass is 9.69. The summed E-state index contributed by atoms with van der Waals surface area (Å²) in [6, 6.07) is 23.3. The number of para-hydroxylation sites is 1. The molecule has 0 radical (unpaired) electrons. The van der Waals surface area contributed by atoms with Gasteiger partial charge in [-0.15, -0.1) is 0 Å². The van der Waals surface area contributed by atoms with Crippen LogP contribution in [0, 0.1) is 5.92 Å². The van der Waals surface area contributed by atoms with Crippen molar-refractivity contribution in [3.63, 3.8) is 0 Å². The molecule has 0 aromatic heterocycles. The number of nitrogens with zero attached hydrogens (tertiary/aromatic N) is 1. The Kier molecular flexibility index (Phi) is 5.68. The van der Waals surface area contributed by atoms with Gasteiger partial charge in [0.05, 0.1) is 5.69 Å². The van der Waals surface area contributed by atoms with Crippen LogP contribution in [0.25, 0.3) is 10.8 Å². The van der Waals surface area contributed by atoms with Gasteiger partial charge < -0.3 is 9.46 Å². The van der Waals surface area contributed by atoms with E-state index in [1.165, 1.54) is 30.2 Å². The van der Waals surface area contributed by atoms with Gasteiger partial charge in [-0.25, -0.2) is 0 Å². The first-order chi connectivity index (χ1) is 16.6. The Morgan fingerprint density at radius 1 is 0.943 bits per heavy atom. The van der Waals surface area contributed by atoms with Crippen LogP contribution >= 0.6 is 7.14 Å². The maximum Gasteiger partial charge on any atom is 0.211 e. The monoisotopic (exact) mass is 483 g/mol. The minimum Gasteiger partial charge on any atom is -0.310 e. The maximum atomic E-state index is 13.3. The molecule has 1 aliphatic carbocycles. The Morgan fingerprint density at radius 3 is 2.31 bits per heavy atom. The Labute approximate surface area is 206 Å². The molecule has 1 unspecified atom stereocenters. The predicted octanol–water partition coefficient (Wildman–Crippen LogP) is 7.56. The first kappa shape index (κ1) is 23.5. The average molecular weight is 484 g/mol. The third-order valence-corrected chi connectivity index (χ3v) is 10.5. The van der Waals surface area contributed by atoms with E-state index in [1.54, 1.807) is 0 Å². The van der Waals surface area contributed by atoms with Gasteiger partial charge in [-0.1, -0.05) is 74.5 Å². The highest BCUT2D eigenvalue weighted by molar-refractivity contribution is 7.94. The molecule has 3 aromatic rings. The Hall–Kier alpha value is -3.23. The third-order valence-electron chi connectivity index (χ3n) is 7.53. The molecule has 0 bridgehead atoms. The normalized spacial score (nSPS) is 18.9. The predicted molar refractivity (Wildman–Crippen MR) is 144 cm³/mol. The summed E-state index contributed by atoms with van der Waals surface area (Å²) in [5.41, 5.74) is 4.41. The molecule has 3 aromatic carbocycles. The zero-order valence-corrected chi connectivity index (χ0v) is 21.5. The molecule has 4 nitrogen and oxygen atoms in total. The van der Waals surface area contributed by atoms with Crippen molar-refractivity contribution in [2.75, 3.05) is 11.1 Å². The van der Waals surface area contributed by atoms with Gasteiger partial charge in [-0.05, 0) is 52.4 Å². The van der Waals surface area contributed by atoms with Crippen molar-refractivity contribution < 1.29 is 14.2 Å². The molecule has 178 valence electrons. The molecular formula is C30H30NO3P. The molecule has 35 heavy (non-hydrogen) atoms. The van der Waals surface area contributed by atoms with Crippen LogP contribution in [0.4, 0.5) is 11.4 Å². The quantitative estimate of drug-likeness (QED) is 0.352. The lowest BCUT2D eigenvalue weighted by molar-refractivity contribution is -0.113. The highest BCUT2D eigenvalue weighted by Gasteiger charge is 2.42. The molecule has 1 aliphatic heterocycles. The molecule has 0 N–H and O–H groups in total. The largest absolute Gasteiger partial charge is 0.310 e. The number of anilines is 2. The van der Waals surface area contributed by atoms with E-state index in [1.807, 2.05) is 6.07 Å². The number of hydrogen-bond acceptors (Lipinski definition) is 4. The summed E-state index contributed by atoms with van der Waals surface area (Å²) in [5, 5.41) is 2.37. The highest BCUT2D eigenvalue weighted by Crippen LogP contribution is 2.55. The van der Waals surface area contributed by atoms with Crippen LogP contribution < -0.4 is 4.90 Å². The van der Waals surface area contributed by atoms with Crippen molar-refractivity contribution in [1.29, 1.82) is 0 Å². The minimum atomic E-state index is -3.55.